The topological polar surface area (TPSA) is 0 Å². The van der Waals surface area contributed by atoms with E-state index >= 15 is 0 Å². The van der Waals surface area contributed by atoms with E-state index in [2.05, 4.69) is 45.5 Å². The van der Waals surface area contributed by atoms with Gasteiger partial charge in [0.1, 0.15) is 0 Å². The maximum absolute atomic E-state index is 3.89. The summed E-state index contributed by atoms with van der Waals surface area (Å²) in [4.78, 5) is 1.31. The summed E-state index contributed by atoms with van der Waals surface area (Å²) in [6.07, 6.45) is 3.16. The molecule has 0 saturated heterocycles. The van der Waals surface area contributed by atoms with E-state index in [0.29, 0.717) is 5.92 Å². The number of rotatable bonds is 3. The van der Waals surface area contributed by atoms with E-state index < -0.39 is 0 Å². The first-order valence-electron chi connectivity index (χ1n) is 5.83. The van der Waals surface area contributed by atoms with Crippen LogP contribution in [0.2, 0.25) is 0 Å². The molecule has 1 aromatic heterocycles. The summed E-state index contributed by atoms with van der Waals surface area (Å²) in [6.45, 7) is 10.7. The monoisotopic (exact) mass is 230 g/mol. The third-order valence-electron chi connectivity index (χ3n) is 3.35. The van der Waals surface area contributed by atoms with Crippen LogP contribution >= 0.6 is 11.3 Å². The Kier molecular flexibility index (Phi) is 3.15. The van der Waals surface area contributed by atoms with Crippen LogP contribution in [0.4, 0.5) is 0 Å². The van der Waals surface area contributed by atoms with Crippen LogP contribution in [-0.4, -0.2) is 0 Å². The number of thiophene rings is 1. The molecule has 1 heterocycles. The van der Waals surface area contributed by atoms with Gasteiger partial charge in [0.25, 0.3) is 0 Å². The first-order chi connectivity index (χ1) is 7.69. The number of benzene rings is 1. The van der Waals surface area contributed by atoms with Crippen LogP contribution in [0.5, 0.6) is 0 Å². The average molecular weight is 230 g/mol. The minimum absolute atomic E-state index is 0.634. The lowest BCUT2D eigenvalue weighted by molar-refractivity contribution is 0.739. The Bertz CT molecular complexity index is 519. The summed E-state index contributed by atoms with van der Waals surface area (Å²) in [6, 6.07) is 6.65. The molecule has 2 rings (SSSR count). The second kappa shape index (κ2) is 4.42. The highest BCUT2D eigenvalue weighted by atomic mass is 32.1. The molecule has 0 spiro atoms. The predicted octanol–water partition coefficient (Wildman–Crippen LogP) is 5.37. The molecule has 2 aromatic rings. The minimum Gasteiger partial charge on any atom is -0.136 e. The second-order valence-electron chi connectivity index (χ2n) is 4.33. The zero-order chi connectivity index (χ0) is 11.7. The van der Waals surface area contributed by atoms with Crippen molar-refractivity contribution >= 4 is 27.5 Å². The quantitative estimate of drug-likeness (QED) is 0.665. The molecular weight excluding hydrogens is 212 g/mol. The van der Waals surface area contributed by atoms with Crippen LogP contribution in [-0.2, 0) is 0 Å². The standard InChI is InChI=1S/C15H18S/c1-5-10(3)12-8-7-9-14-15(12)11(4)13(6-2)16-14/h6-10H,2,5H2,1,3-4H3. The van der Waals surface area contributed by atoms with Gasteiger partial charge in [0.2, 0.25) is 0 Å². The van der Waals surface area contributed by atoms with Gasteiger partial charge in [0.15, 0.2) is 0 Å². The van der Waals surface area contributed by atoms with Crippen LogP contribution in [0.1, 0.15) is 42.2 Å². The average Bonchev–Trinajstić information content (AvgIpc) is 2.65. The van der Waals surface area contributed by atoms with Crippen LogP contribution in [0.15, 0.2) is 24.8 Å². The molecule has 84 valence electrons. The Balaban J connectivity index is 2.75. The summed E-state index contributed by atoms with van der Waals surface area (Å²) in [5.74, 6) is 0.634. The molecule has 0 aliphatic heterocycles. The van der Waals surface area contributed by atoms with Crippen molar-refractivity contribution in [1.29, 1.82) is 0 Å². The lowest BCUT2D eigenvalue weighted by atomic mass is 9.93. The predicted molar refractivity (Wildman–Crippen MR) is 75.4 cm³/mol. The summed E-state index contributed by atoms with van der Waals surface area (Å²) in [7, 11) is 0. The highest BCUT2D eigenvalue weighted by Crippen LogP contribution is 2.37. The molecule has 0 bridgehead atoms. The van der Waals surface area contributed by atoms with Gasteiger partial charge in [-0.3, -0.25) is 0 Å². The van der Waals surface area contributed by atoms with E-state index in [1.165, 1.54) is 32.5 Å². The summed E-state index contributed by atoms with van der Waals surface area (Å²) < 4.78 is 1.39. The Hall–Kier alpha value is -1.08. The first kappa shape index (κ1) is 11.4. The smallest absolute Gasteiger partial charge is 0.0354 e. The van der Waals surface area contributed by atoms with E-state index in [1.54, 1.807) is 0 Å². The molecule has 1 unspecified atom stereocenters. The van der Waals surface area contributed by atoms with Crippen molar-refractivity contribution in [2.75, 3.05) is 0 Å². The second-order valence-corrected chi connectivity index (χ2v) is 5.41. The maximum atomic E-state index is 3.89. The van der Waals surface area contributed by atoms with Gasteiger partial charge in [-0.1, -0.05) is 38.6 Å². The fourth-order valence-corrected chi connectivity index (χ4v) is 3.27. The Labute approximate surface area is 102 Å². The third-order valence-corrected chi connectivity index (χ3v) is 4.60. The van der Waals surface area contributed by atoms with Crippen LogP contribution in [0.3, 0.4) is 0 Å². The first-order valence-corrected chi connectivity index (χ1v) is 6.65. The number of fused-ring (bicyclic) bond motifs is 1. The van der Waals surface area contributed by atoms with Crippen molar-refractivity contribution in [3.63, 3.8) is 0 Å². The fourth-order valence-electron chi connectivity index (χ4n) is 2.18. The van der Waals surface area contributed by atoms with Crippen LogP contribution in [0.25, 0.3) is 16.2 Å². The lowest BCUT2D eigenvalue weighted by Gasteiger charge is -2.11. The molecule has 0 aliphatic rings. The molecule has 0 saturated carbocycles. The molecule has 0 amide bonds. The van der Waals surface area contributed by atoms with Gasteiger partial charge in [-0.15, -0.1) is 11.3 Å². The van der Waals surface area contributed by atoms with Crippen molar-refractivity contribution in [2.24, 2.45) is 0 Å². The zero-order valence-corrected chi connectivity index (χ0v) is 11.0. The maximum Gasteiger partial charge on any atom is 0.0354 e. The van der Waals surface area contributed by atoms with E-state index in [0.717, 1.165) is 0 Å². The molecular formula is C15H18S. The largest absolute Gasteiger partial charge is 0.136 e. The van der Waals surface area contributed by atoms with E-state index in [4.69, 9.17) is 0 Å². The van der Waals surface area contributed by atoms with E-state index in [1.807, 2.05) is 17.4 Å². The molecule has 0 N–H and O–H groups in total. The minimum atomic E-state index is 0.634. The van der Waals surface area contributed by atoms with E-state index in [9.17, 15) is 0 Å². The van der Waals surface area contributed by atoms with Crippen LogP contribution < -0.4 is 0 Å². The number of hydrogen-bond acceptors (Lipinski definition) is 1. The van der Waals surface area contributed by atoms with Gasteiger partial charge in [0, 0.05) is 9.58 Å². The molecule has 1 aromatic carbocycles. The highest BCUT2D eigenvalue weighted by Gasteiger charge is 2.13. The van der Waals surface area contributed by atoms with Crippen molar-refractivity contribution in [3.05, 3.63) is 40.8 Å². The Morgan fingerprint density at radius 1 is 1.44 bits per heavy atom. The molecule has 0 aliphatic carbocycles. The molecule has 16 heavy (non-hydrogen) atoms. The molecule has 0 fully saturated rings. The van der Waals surface area contributed by atoms with Gasteiger partial charge < -0.3 is 0 Å². The van der Waals surface area contributed by atoms with Gasteiger partial charge in [0.05, 0.1) is 0 Å². The summed E-state index contributed by atoms with van der Waals surface area (Å²) >= 11 is 1.85. The van der Waals surface area contributed by atoms with Crippen LogP contribution in [0, 0.1) is 6.92 Å². The Morgan fingerprint density at radius 3 is 2.81 bits per heavy atom. The van der Waals surface area contributed by atoms with Gasteiger partial charge >= 0.3 is 0 Å². The van der Waals surface area contributed by atoms with Crippen molar-refractivity contribution in [3.8, 4) is 0 Å². The highest BCUT2D eigenvalue weighted by molar-refractivity contribution is 7.20. The van der Waals surface area contributed by atoms with E-state index in [-0.39, 0.29) is 0 Å². The fraction of sp³-hybridized carbons (Fsp3) is 0.333. The Morgan fingerprint density at radius 2 is 2.19 bits per heavy atom. The molecule has 1 heteroatoms. The summed E-state index contributed by atoms with van der Waals surface area (Å²) in [5.41, 5.74) is 2.88. The van der Waals surface area contributed by atoms with Gasteiger partial charge in [-0.2, -0.15) is 0 Å². The zero-order valence-electron chi connectivity index (χ0n) is 10.2. The summed E-state index contributed by atoms with van der Waals surface area (Å²) in [5, 5.41) is 1.46. The van der Waals surface area contributed by atoms with Gasteiger partial charge in [-0.05, 0) is 41.8 Å². The number of hydrogen-bond donors (Lipinski definition) is 0. The van der Waals surface area contributed by atoms with Crippen molar-refractivity contribution in [2.45, 2.75) is 33.1 Å². The molecule has 1 atom stereocenters. The van der Waals surface area contributed by atoms with Gasteiger partial charge in [-0.25, -0.2) is 0 Å². The number of aryl methyl sites for hydroxylation is 1. The molecule has 0 nitrogen and oxygen atoms in total. The SMILES string of the molecule is C=Cc1sc2cccc(C(C)CC)c2c1C. The normalized spacial score (nSPS) is 12.9. The van der Waals surface area contributed by atoms with Crippen molar-refractivity contribution in [1.82, 2.24) is 0 Å². The third kappa shape index (κ3) is 1.69. The lowest BCUT2D eigenvalue weighted by Crippen LogP contribution is -1.92. The molecule has 0 radical (unpaired) electrons. The van der Waals surface area contributed by atoms with Crippen molar-refractivity contribution < 1.29 is 0 Å².